The molecular weight excluding hydrogens is 410 g/mol. The van der Waals surface area contributed by atoms with Gasteiger partial charge in [-0.1, -0.05) is 68.4 Å². The number of amides is 1. The largest absolute Gasteiger partial charge is 0.346 e. The molecule has 3 aromatic rings. The standard InChI is InChI=1S/C27H35N5O/c1-20(2)24-12-9-23(10-13-24)19-31-16-15-25-29-30-27(32(25)18-17-31)21(3)28-26(33)14-11-22-7-5-4-6-8-22/h4-10,12-13,20-21H,11,14-19H2,1-3H3,(H,28,33)/t21-/m0/s1. The molecule has 2 aromatic carbocycles. The zero-order valence-electron chi connectivity index (χ0n) is 20.0. The Morgan fingerprint density at radius 3 is 2.42 bits per heavy atom. The maximum absolute atomic E-state index is 12.5. The molecule has 1 aliphatic rings. The number of nitrogens with one attached hydrogen (secondary N) is 1. The van der Waals surface area contributed by atoms with Gasteiger partial charge in [-0.05, 0) is 36.0 Å². The van der Waals surface area contributed by atoms with E-state index in [1.807, 2.05) is 25.1 Å². The summed E-state index contributed by atoms with van der Waals surface area (Å²) in [7, 11) is 0. The second-order valence-electron chi connectivity index (χ2n) is 9.32. The van der Waals surface area contributed by atoms with Gasteiger partial charge in [0.05, 0.1) is 6.04 Å². The average Bonchev–Trinajstić information content (AvgIpc) is 3.13. The molecule has 0 unspecified atom stereocenters. The van der Waals surface area contributed by atoms with Crippen LogP contribution in [0.25, 0.3) is 0 Å². The number of hydrogen-bond acceptors (Lipinski definition) is 4. The Labute approximate surface area is 197 Å². The highest BCUT2D eigenvalue weighted by Gasteiger charge is 2.22. The van der Waals surface area contributed by atoms with Crippen molar-refractivity contribution in [3.8, 4) is 0 Å². The Bertz CT molecular complexity index is 1040. The van der Waals surface area contributed by atoms with Gasteiger partial charge < -0.3 is 9.88 Å². The lowest BCUT2D eigenvalue weighted by molar-refractivity contribution is -0.121. The van der Waals surface area contributed by atoms with Gasteiger partial charge in [0.2, 0.25) is 5.91 Å². The summed E-state index contributed by atoms with van der Waals surface area (Å²) < 4.78 is 2.20. The highest BCUT2D eigenvalue weighted by molar-refractivity contribution is 5.76. The van der Waals surface area contributed by atoms with Crippen LogP contribution in [0.5, 0.6) is 0 Å². The number of hydrogen-bond donors (Lipinski definition) is 1. The van der Waals surface area contributed by atoms with Crippen molar-refractivity contribution in [2.75, 3.05) is 13.1 Å². The Morgan fingerprint density at radius 2 is 1.70 bits per heavy atom. The molecule has 1 aliphatic heterocycles. The van der Waals surface area contributed by atoms with Crippen molar-refractivity contribution in [3.05, 3.63) is 82.9 Å². The summed E-state index contributed by atoms with van der Waals surface area (Å²) in [6, 6.07) is 18.9. The second-order valence-corrected chi connectivity index (χ2v) is 9.32. The first-order valence-corrected chi connectivity index (χ1v) is 12.1. The number of aromatic nitrogens is 3. The smallest absolute Gasteiger partial charge is 0.220 e. The monoisotopic (exact) mass is 445 g/mol. The lowest BCUT2D eigenvalue weighted by Gasteiger charge is -2.20. The number of rotatable bonds is 8. The zero-order chi connectivity index (χ0) is 23.2. The Morgan fingerprint density at radius 1 is 0.939 bits per heavy atom. The van der Waals surface area contributed by atoms with Crippen LogP contribution < -0.4 is 5.32 Å². The molecule has 4 rings (SSSR count). The van der Waals surface area contributed by atoms with Crippen LogP contribution in [-0.4, -0.2) is 38.7 Å². The molecule has 174 valence electrons. The van der Waals surface area contributed by atoms with Gasteiger partial charge in [-0.2, -0.15) is 0 Å². The van der Waals surface area contributed by atoms with Crippen molar-refractivity contribution in [1.82, 2.24) is 25.0 Å². The van der Waals surface area contributed by atoms with E-state index in [1.54, 1.807) is 0 Å². The molecule has 2 heterocycles. The summed E-state index contributed by atoms with van der Waals surface area (Å²) in [5.41, 5.74) is 3.90. The van der Waals surface area contributed by atoms with Crippen molar-refractivity contribution < 1.29 is 4.79 Å². The molecule has 0 aliphatic carbocycles. The van der Waals surface area contributed by atoms with E-state index in [0.717, 1.165) is 50.7 Å². The van der Waals surface area contributed by atoms with Gasteiger partial charge in [0.25, 0.3) is 0 Å². The first kappa shape index (κ1) is 23.2. The molecule has 6 nitrogen and oxygen atoms in total. The third kappa shape index (κ3) is 6.08. The summed E-state index contributed by atoms with van der Waals surface area (Å²) >= 11 is 0. The quantitative estimate of drug-likeness (QED) is 0.562. The van der Waals surface area contributed by atoms with Crippen LogP contribution in [0.15, 0.2) is 54.6 Å². The Balaban J connectivity index is 1.32. The van der Waals surface area contributed by atoms with Crippen molar-refractivity contribution >= 4 is 5.91 Å². The van der Waals surface area contributed by atoms with Gasteiger partial charge in [-0.25, -0.2) is 0 Å². The number of fused-ring (bicyclic) bond motifs is 1. The van der Waals surface area contributed by atoms with Crippen LogP contribution >= 0.6 is 0 Å². The third-order valence-corrected chi connectivity index (χ3v) is 6.45. The molecule has 1 atom stereocenters. The van der Waals surface area contributed by atoms with Crippen molar-refractivity contribution in [2.45, 2.75) is 65.1 Å². The molecule has 0 spiro atoms. The highest BCUT2D eigenvalue weighted by Crippen LogP contribution is 2.19. The van der Waals surface area contributed by atoms with Crippen LogP contribution in [0.3, 0.4) is 0 Å². The third-order valence-electron chi connectivity index (χ3n) is 6.45. The predicted molar refractivity (Wildman–Crippen MR) is 131 cm³/mol. The van der Waals surface area contributed by atoms with Crippen LogP contribution in [0.4, 0.5) is 0 Å². The molecule has 0 bridgehead atoms. The van der Waals surface area contributed by atoms with Crippen LogP contribution in [0.2, 0.25) is 0 Å². The van der Waals surface area contributed by atoms with E-state index in [2.05, 4.69) is 75.2 Å². The number of aryl methyl sites for hydroxylation is 1. The van der Waals surface area contributed by atoms with Gasteiger partial charge in [-0.3, -0.25) is 9.69 Å². The van der Waals surface area contributed by atoms with Gasteiger partial charge in [0.1, 0.15) is 5.82 Å². The Kier molecular flexibility index (Phi) is 7.55. The molecule has 1 aromatic heterocycles. The minimum atomic E-state index is -0.162. The second kappa shape index (κ2) is 10.8. The predicted octanol–water partition coefficient (Wildman–Crippen LogP) is 4.27. The van der Waals surface area contributed by atoms with E-state index in [0.29, 0.717) is 12.3 Å². The van der Waals surface area contributed by atoms with Crippen molar-refractivity contribution in [2.24, 2.45) is 0 Å². The Hall–Kier alpha value is -2.99. The van der Waals surface area contributed by atoms with E-state index in [9.17, 15) is 4.79 Å². The summed E-state index contributed by atoms with van der Waals surface area (Å²) in [4.78, 5) is 15.0. The fourth-order valence-corrected chi connectivity index (χ4v) is 4.41. The van der Waals surface area contributed by atoms with E-state index in [4.69, 9.17) is 0 Å². The summed E-state index contributed by atoms with van der Waals surface area (Å²) in [6.45, 7) is 10.1. The van der Waals surface area contributed by atoms with E-state index >= 15 is 0 Å². The van der Waals surface area contributed by atoms with Crippen LogP contribution in [0.1, 0.15) is 67.5 Å². The first-order chi connectivity index (χ1) is 16.0. The van der Waals surface area contributed by atoms with E-state index < -0.39 is 0 Å². The minimum absolute atomic E-state index is 0.0452. The van der Waals surface area contributed by atoms with Gasteiger partial charge in [0.15, 0.2) is 5.82 Å². The van der Waals surface area contributed by atoms with Crippen molar-refractivity contribution in [3.63, 3.8) is 0 Å². The van der Waals surface area contributed by atoms with E-state index in [1.165, 1.54) is 16.7 Å². The maximum atomic E-state index is 12.5. The maximum Gasteiger partial charge on any atom is 0.220 e. The number of carbonyl (C=O) groups is 1. The SMILES string of the molecule is CC(C)c1ccc(CN2CCc3nnc([C@H](C)NC(=O)CCc4ccccc4)n3CC2)cc1. The number of carbonyl (C=O) groups excluding carboxylic acids is 1. The fraction of sp³-hybridized carbons (Fsp3) is 0.444. The molecule has 1 N–H and O–H groups in total. The highest BCUT2D eigenvalue weighted by atomic mass is 16.1. The molecule has 0 fully saturated rings. The van der Waals surface area contributed by atoms with Gasteiger partial charge in [-0.15, -0.1) is 10.2 Å². The zero-order valence-corrected chi connectivity index (χ0v) is 20.0. The summed E-state index contributed by atoms with van der Waals surface area (Å²) in [5, 5.41) is 12.0. The summed E-state index contributed by atoms with van der Waals surface area (Å²) in [5.74, 6) is 2.46. The van der Waals surface area contributed by atoms with Gasteiger partial charge in [0, 0.05) is 39.0 Å². The molecular formula is C27H35N5O. The molecule has 33 heavy (non-hydrogen) atoms. The number of benzene rings is 2. The topological polar surface area (TPSA) is 63.1 Å². The van der Waals surface area contributed by atoms with Gasteiger partial charge >= 0.3 is 0 Å². The molecule has 0 saturated carbocycles. The molecule has 0 radical (unpaired) electrons. The summed E-state index contributed by atoms with van der Waals surface area (Å²) in [6.07, 6.45) is 2.08. The molecule has 0 saturated heterocycles. The number of nitrogens with zero attached hydrogens (tertiary/aromatic N) is 4. The van der Waals surface area contributed by atoms with Crippen molar-refractivity contribution in [1.29, 1.82) is 0 Å². The molecule has 6 heteroatoms. The fourth-order valence-electron chi connectivity index (χ4n) is 4.41. The lowest BCUT2D eigenvalue weighted by Crippen LogP contribution is -2.30. The average molecular weight is 446 g/mol. The first-order valence-electron chi connectivity index (χ1n) is 12.1. The normalized spacial score (nSPS) is 15.2. The van der Waals surface area contributed by atoms with Crippen LogP contribution in [0, 0.1) is 0 Å². The lowest BCUT2D eigenvalue weighted by atomic mass is 10.0. The minimum Gasteiger partial charge on any atom is -0.346 e. The molecule has 1 amide bonds. The van der Waals surface area contributed by atoms with Crippen LogP contribution in [-0.2, 0) is 30.7 Å². The van der Waals surface area contributed by atoms with E-state index in [-0.39, 0.29) is 11.9 Å².